The summed E-state index contributed by atoms with van der Waals surface area (Å²) in [4.78, 5) is 24.8. The van der Waals surface area contributed by atoms with Crippen LogP contribution in [-0.2, 0) is 9.59 Å². The lowest BCUT2D eigenvalue weighted by Crippen LogP contribution is -2.48. The first kappa shape index (κ1) is 13.1. The van der Waals surface area contributed by atoms with Gasteiger partial charge in [0.1, 0.15) is 0 Å². The van der Waals surface area contributed by atoms with Gasteiger partial charge in [-0.15, -0.1) is 0 Å². The van der Waals surface area contributed by atoms with Gasteiger partial charge in [0, 0.05) is 19.1 Å². The van der Waals surface area contributed by atoms with Crippen molar-refractivity contribution in [2.24, 2.45) is 5.92 Å². The molecular formula is C14H23N3O2. The van der Waals surface area contributed by atoms with Crippen LogP contribution in [0.15, 0.2) is 0 Å². The SMILES string of the molecule is CN1C(=O)CC(NC2CCCC2C2CCCN2)C1=O. The van der Waals surface area contributed by atoms with E-state index in [1.165, 1.54) is 30.6 Å². The largest absolute Gasteiger partial charge is 0.314 e. The Bertz CT molecular complexity index is 379. The molecule has 1 saturated carbocycles. The van der Waals surface area contributed by atoms with Gasteiger partial charge in [-0.2, -0.15) is 0 Å². The normalized spacial score (nSPS) is 39.5. The highest BCUT2D eigenvalue weighted by Gasteiger charge is 2.41. The van der Waals surface area contributed by atoms with Crippen molar-refractivity contribution in [3.63, 3.8) is 0 Å². The van der Waals surface area contributed by atoms with E-state index in [9.17, 15) is 9.59 Å². The van der Waals surface area contributed by atoms with Gasteiger partial charge in [-0.3, -0.25) is 14.5 Å². The van der Waals surface area contributed by atoms with E-state index in [1.807, 2.05) is 0 Å². The van der Waals surface area contributed by atoms with Crippen LogP contribution in [0.25, 0.3) is 0 Å². The number of imide groups is 1. The molecule has 0 aromatic heterocycles. The van der Waals surface area contributed by atoms with Crippen molar-refractivity contribution in [1.82, 2.24) is 15.5 Å². The standard InChI is InChI=1S/C14H23N3O2/c1-17-13(18)8-12(14(17)19)16-11-5-2-4-9(11)10-6-3-7-15-10/h9-12,15-16H,2-8H2,1H3. The smallest absolute Gasteiger partial charge is 0.246 e. The molecule has 2 amide bonds. The van der Waals surface area contributed by atoms with Crippen LogP contribution in [-0.4, -0.2) is 48.4 Å². The highest BCUT2D eigenvalue weighted by molar-refractivity contribution is 6.05. The number of amides is 2. The molecule has 4 unspecified atom stereocenters. The van der Waals surface area contributed by atoms with Gasteiger partial charge < -0.3 is 10.6 Å². The summed E-state index contributed by atoms with van der Waals surface area (Å²) in [6, 6.07) is 0.707. The van der Waals surface area contributed by atoms with Gasteiger partial charge in [0.05, 0.1) is 12.5 Å². The number of nitrogens with zero attached hydrogens (tertiary/aromatic N) is 1. The number of hydrogen-bond donors (Lipinski definition) is 2. The van der Waals surface area contributed by atoms with E-state index >= 15 is 0 Å². The lowest BCUT2D eigenvalue weighted by atomic mass is 9.92. The Labute approximate surface area is 114 Å². The number of likely N-dealkylation sites (tertiary alicyclic amines) is 1. The molecule has 0 radical (unpaired) electrons. The van der Waals surface area contributed by atoms with Crippen LogP contribution in [0.2, 0.25) is 0 Å². The van der Waals surface area contributed by atoms with Crippen LogP contribution in [0.3, 0.4) is 0 Å². The average molecular weight is 265 g/mol. The Kier molecular flexibility index (Phi) is 3.58. The average Bonchev–Trinajstić information content (AvgIpc) is 3.09. The third-order valence-electron chi connectivity index (χ3n) is 4.98. The van der Waals surface area contributed by atoms with Gasteiger partial charge in [-0.25, -0.2) is 0 Å². The zero-order chi connectivity index (χ0) is 13.4. The van der Waals surface area contributed by atoms with E-state index in [2.05, 4.69) is 10.6 Å². The van der Waals surface area contributed by atoms with E-state index in [1.54, 1.807) is 7.05 Å². The molecule has 3 rings (SSSR count). The monoisotopic (exact) mass is 265 g/mol. The quantitative estimate of drug-likeness (QED) is 0.718. The lowest BCUT2D eigenvalue weighted by molar-refractivity contribution is -0.137. The molecule has 0 bridgehead atoms. The predicted octanol–water partition coefficient (Wildman–Crippen LogP) is 0.254. The lowest BCUT2D eigenvalue weighted by Gasteiger charge is -2.28. The number of carbonyl (C=O) groups is 2. The Morgan fingerprint density at radius 2 is 2.05 bits per heavy atom. The zero-order valence-corrected chi connectivity index (χ0v) is 11.5. The predicted molar refractivity (Wildman–Crippen MR) is 71.5 cm³/mol. The highest BCUT2D eigenvalue weighted by atomic mass is 16.2. The minimum absolute atomic E-state index is 0.0592. The molecule has 5 heteroatoms. The van der Waals surface area contributed by atoms with Crippen molar-refractivity contribution in [3.05, 3.63) is 0 Å². The Hall–Kier alpha value is -0.940. The summed E-state index contributed by atoms with van der Waals surface area (Å²) in [5.41, 5.74) is 0. The molecule has 2 heterocycles. The van der Waals surface area contributed by atoms with Crippen molar-refractivity contribution in [2.75, 3.05) is 13.6 Å². The molecule has 2 saturated heterocycles. The minimum Gasteiger partial charge on any atom is -0.314 e. The first-order chi connectivity index (χ1) is 9.16. The Morgan fingerprint density at radius 1 is 1.21 bits per heavy atom. The molecule has 3 fully saturated rings. The van der Waals surface area contributed by atoms with Crippen LogP contribution in [0.4, 0.5) is 0 Å². The minimum atomic E-state index is -0.287. The summed E-state index contributed by atoms with van der Waals surface area (Å²) in [7, 11) is 1.58. The van der Waals surface area contributed by atoms with Gasteiger partial charge >= 0.3 is 0 Å². The number of likely N-dealkylation sites (N-methyl/N-ethyl adjacent to an activating group) is 1. The molecule has 1 aliphatic carbocycles. The number of carbonyl (C=O) groups excluding carboxylic acids is 2. The fourth-order valence-corrected chi connectivity index (χ4v) is 3.90. The van der Waals surface area contributed by atoms with Gasteiger partial charge in [0.25, 0.3) is 0 Å². The van der Waals surface area contributed by atoms with Crippen molar-refractivity contribution in [3.8, 4) is 0 Å². The highest BCUT2D eigenvalue weighted by Crippen LogP contribution is 2.32. The number of rotatable bonds is 3. The summed E-state index contributed by atoms with van der Waals surface area (Å²) in [6.45, 7) is 1.12. The molecule has 0 aromatic carbocycles. The molecule has 3 aliphatic rings. The van der Waals surface area contributed by atoms with Crippen LogP contribution in [0, 0.1) is 5.92 Å². The van der Waals surface area contributed by atoms with Crippen LogP contribution >= 0.6 is 0 Å². The molecule has 2 aliphatic heterocycles. The van der Waals surface area contributed by atoms with E-state index in [0.717, 1.165) is 13.0 Å². The van der Waals surface area contributed by atoms with Crippen molar-refractivity contribution in [1.29, 1.82) is 0 Å². The maximum atomic E-state index is 12.0. The first-order valence-electron chi connectivity index (χ1n) is 7.46. The third-order valence-corrected chi connectivity index (χ3v) is 4.98. The molecular weight excluding hydrogens is 242 g/mol. The van der Waals surface area contributed by atoms with Crippen LogP contribution < -0.4 is 10.6 Å². The van der Waals surface area contributed by atoms with Crippen molar-refractivity contribution in [2.45, 2.75) is 56.7 Å². The van der Waals surface area contributed by atoms with Crippen LogP contribution in [0.5, 0.6) is 0 Å². The molecule has 0 spiro atoms. The third kappa shape index (κ3) is 2.41. The second-order valence-electron chi connectivity index (χ2n) is 6.12. The maximum Gasteiger partial charge on any atom is 0.246 e. The topological polar surface area (TPSA) is 61.4 Å². The second kappa shape index (κ2) is 5.21. The molecule has 5 nitrogen and oxygen atoms in total. The van der Waals surface area contributed by atoms with E-state index in [4.69, 9.17) is 0 Å². The van der Waals surface area contributed by atoms with E-state index in [0.29, 0.717) is 24.4 Å². The van der Waals surface area contributed by atoms with E-state index in [-0.39, 0.29) is 17.9 Å². The van der Waals surface area contributed by atoms with Crippen molar-refractivity contribution < 1.29 is 9.59 Å². The first-order valence-corrected chi connectivity index (χ1v) is 7.46. The summed E-state index contributed by atoms with van der Waals surface area (Å²) in [5.74, 6) is 0.502. The fraction of sp³-hybridized carbons (Fsp3) is 0.857. The Morgan fingerprint density at radius 3 is 2.68 bits per heavy atom. The van der Waals surface area contributed by atoms with Crippen molar-refractivity contribution >= 4 is 11.8 Å². The molecule has 106 valence electrons. The maximum absolute atomic E-state index is 12.0. The molecule has 2 N–H and O–H groups in total. The molecule has 0 aromatic rings. The van der Waals surface area contributed by atoms with Gasteiger partial charge in [-0.05, 0) is 38.1 Å². The Balaban J connectivity index is 1.62. The summed E-state index contributed by atoms with van der Waals surface area (Å²) in [6.07, 6.45) is 6.43. The van der Waals surface area contributed by atoms with Gasteiger partial charge in [0.2, 0.25) is 11.8 Å². The zero-order valence-electron chi connectivity index (χ0n) is 11.5. The number of nitrogens with one attached hydrogen (secondary N) is 2. The fourth-order valence-electron chi connectivity index (χ4n) is 3.90. The van der Waals surface area contributed by atoms with Crippen LogP contribution in [0.1, 0.15) is 38.5 Å². The van der Waals surface area contributed by atoms with Gasteiger partial charge in [-0.1, -0.05) is 6.42 Å². The molecule has 19 heavy (non-hydrogen) atoms. The molecule has 4 atom stereocenters. The summed E-state index contributed by atoms with van der Waals surface area (Å²) >= 11 is 0. The second-order valence-corrected chi connectivity index (χ2v) is 6.12. The summed E-state index contributed by atoms with van der Waals surface area (Å²) in [5, 5.41) is 7.04. The van der Waals surface area contributed by atoms with Gasteiger partial charge in [0.15, 0.2) is 0 Å². The number of hydrogen-bond acceptors (Lipinski definition) is 4. The summed E-state index contributed by atoms with van der Waals surface area (Å²) < 4.78 is 0. The van der Waals surface area contributed by atoms with E-state index < -0.39 is 0 Å².